The molecule has 1 fully saturated rings. The molecule has 1 saturated heterocycles. The summed E-state index contributed by atoms with van der Waals surface area (Å²) in [5.41, 5.74) is 1.09. The van der Waals surface area contributed by atoms with Gasteiger partial charge in [-0.15, -0.1) is 0 Å². The number of carbonyl (C=O) groups is 1. The molecule has 2 atom stereocenters. The van der Waals surface area contributed by atoms with Crippen molar-refractivity contribution in [3.8, 4) is 5.75 Å². The molecular weight excluding hydrogens is 230 g/mol. The lowest BCUT2D eigenvalue weighted by atomic mass is 10.1. The third kappa shape index (κ3) is 2.48. The molecular formula is C14H19NO3. The van der Waals surface area contributed by atoms with Gasteiger partial charge in [-0.3, -0.25) is 4.79 Å². The molecule has 0 saturated carbocycles. The van der Waals surface area contributed by atoms with Crippen LogP contribution in [0.5, 0.6) is 5.75 Å². The lowest BCUT2D eigenvalue weighted by molar-refractivity contribution is -0.0586. The third-order valence-electron chi connectivity index (χ3n) is 3.17. The minimum absolute atomic E-state index is 0.0321. The number of hydrogen-bond acceptors (Lipinski definition) is 3. The maximum absolute atomic E-state index is 12.4. The summed E-state index contributed by atoms with van der Waals surface area (Å²) in [4.78, 5) is 14.1. The predicted octanol–water partition coefficient (Wildman–Crippen LogP) is 1.95. The first kappa shape index (κ1) is 12.9. The topological polar surface area (TPSA) is 49.8 Å². The molecule has 1 aliphatic heterocycles. The lowest BCUT2D eigenvalue weighted by Crippen LogP contribution is -2.48. The molecule has 1 aliphatic rings. The van der Waals surface area contributed by atoms with Crippen molar-refractivity contribution in [2.75, 3.05) is 13.1 Å². The van der Waals surface area contributed by atoms with E-state index in [9.17, 15) is 9.90 Å². The summed E-state index contributed by atoms with van der Waals surface area (Å²) in [5, 5.41) is 9.95. The van der Waals surface area contributed by atoms with Crippen LogP contribution in [0.1, 0.15) is 29.8 Å². The smallest absolute Gasteiger partial charge is 0.257 e. The second-order valence-electron chi connectivity index (χ2n) is 4.94. The first-order chi connectivity index (χ1) is 8.49. The maximum atomic E-state index is 12.4. The molecule has 4 nitrogen and oxygen atoms in total. The molecule has 98 valence electrons. The van der Waals surface area contributed by atoms with Crippen LogP contribution in [0.25, 0.3) is 0 Å². The first-order valence-electron chi connectivity index (χ1n) is 6.22. The largest absolute Gasteiger partial charge is 0.507 e. The van der Waals surface area contributed by atoms with Crippen LogP contribution in [0, 0.1) is 6.92 Å². The molecule has 1 aromatic carbocycles. The molecule has 1 heterocycles. The van der Waals surface area contributed by atoms with E-state index in [2.05, 4.69) is 0 Å². The zero-order valence-corrected chi connectivity index (χ0v) is 11.0. The van der Waals surface area contributed by atoms with Crippen LogP contribution >= 0.6 is 0 Å². The van der Waals surface area contributed by atoms with Crippen LogP contribution in [0.15, 0.2) is 18.2 Å². The molecule has 0 aromatic heterocycles. The monoisotopic (exact) mass is 249 g/mol. The molecule has 1 amide bonds. The highest BCUT2D eigenvalue weighted by Crippen LogP contribution is 2.24. The average molecular weight is 249 g/mol. The SMILES string of the molecule is Cc1cccc(C(=O)N2CC(C)OC(C)C2)c1O. The Balaban J connectivity index is 2.23. The van der Waals surface area contributed by atoms with Gasteiger partial charge in [-0.2, -0.15) is 0 Å². The van der Waals surface area contributed by atoms with Crippen LogP contribution in [-0.4, -0.2) is 41.2 Å². The fourth-order valence-corrected chi connectivity index (χ4v) is 2.35. The van der Waals surface area contributed by atoms with Gasteiger partial charge in [-0.05, 0) is 32.4 Å². The van der Waals surface area contributed by atoms with Crippen LogP contribution in [-0.2, 0) is 4.74 Å². The Morgan fingerprint density at radius 3 is 2.56 bits per heavy atom. The number of aromatic hydroxyl groups is 1. The average Bonchev–Trinajstić information content (AvgIpc) is 2.30. The van der Waals surface area contributed by atoms with Crippen LogP contribution in [0.3, 0.4) is 0 Å². The van der Waals surface area contributed by atoms with Crippen molar-refractivity contribution >= 4 is 5.91 Å². The Kier molecular flexibility index (Phi) is 3.57. The Morgan fingerprint density at radius 1 is 1.33 bits per heavy atom. The Hall–Kier alpha value is -1.55. The number of aryl methyl sites for hydroxylation is 1. The second-order valence-corrected chi connectivity index (χ2v) is 4.94. The molecule has 1 aromatic rings. The van der Waals surface area contributed by atoms with Gasteiger partial charge in [-0.25, -0.2) is 0 Å². The van der Waals surface area contributed by atoms with Crippen LogP contribution < -0.4 is 0 Å². The van der Waals surface area contributed by atoms with E-state index in [4.69, 9.17) is 4.74 Å². The summed E-state index contributed by atoms with van der Waals surface area (Å²) in [6, 6.07) is 5.24. The fourth-order valence-electron chi connectivity index (χ4n) is 2.35. The van der Waals surface area contributed by atoms with E-state index in [-0.39, 0.29) is 23.9 Å². The highest BCUT2D eigenvalue weighted by Gasteiger charge is 2.27. The van der Waals surface area contributed by atoms with Gasteiger partial charge in [0.05, 0.1) is 17.8 Å². The van der Waals surface area contributed by atoms with Gasteiger partial charge in [0.15, 0.2) is 0 Å². The lowest BCUT2D eigenvalue weighted by Gasteiger charge is -2.35. The van der Waals surface area contributed by atoms with E-state index in [1.54, 1.807) is 30.0 Å². The second kappa shape index (κ2) is 4.98. The molecule has 0 aliphatic carbocycles. The minimum atomic E-state index is -0.127. The number of para-hydroxylation sites is 1. The summed E-state index contributed by atoms with van der Waals surface area (Å²) in [6.45, 7) is 6.82. The van der Waals surface area contributed by atoms with Crippen LogP contribution in [0.4, 0.5) is 0 Å². The quantitative estimate of drug-likeness (QED) is 0.827. The van der Waals surface area contributed by atoms with Gasteiger partial charge in [0.2, 0.25) is 0 Å². The first-order valence-corrected chi connectivity index (χ1v) is 6.22. The van der Waals surface area contributed by atoms with E-state index in [1.165, 1.54) is 0 Å². The number of amides is 1. The van der Waals surface area contributed by atoms with Crippen molar-refractivity contribution in [2.24, 2.45) is 0 Å². The number of ether oxygens (including phenoxy) is 1. The third-order valence-corrected chi connectivity index (χ3v) is 3.17. The Bertz CT molecular complexity index is 448. The number of nitrogens with zero attached hydrogens (tertiary/aromatic N) is 1. The van der Waals surface area contributed by atoms with Gasteiger partial charge < -0.3 is 14.7 Å². The number of rotatable bonds is 1. The summed E-state index contributed by atoms with van der Waals surface area (Å²) < 4.78 is 5.60. The molecule has 18 heavy (non-hydrogen) atoms. The van der Waals surface area contributed by atoms with Crippen molar-refractivity contribution in [1.82, 2.24) is 4.90 Å². The minimum Gasteiger partial charge on any atom is -0.507 e. The highest BCUT2D eigenvalue weighted by atomic mass is 16.5. The van der Waals surface area contributed by atoms with E-state index in [0.29, 0.717) is 18.7 Å². The zero-order valence-electron chi connectivity index (χ0n) is 11.0. The summed E-state index contributed by atoms with van der Waals surface area (Å²) >= 11 is 0. The number of hydrogen-bond donors (Lipinski definition) is 1. The molecule has 0 bridgehead atoms. The van der Waals surface area contributed by atoms with E-state index in [0.717, 1.165) is 5.56 Å². The molecule has 1 N–H and O–H groups in total. The summed E-state index contributed by atoms with van der Waals surface area (Å²) in [5.74, 6) is -0.0486. The van der Waals surface area contributed by atoms with E-state index in [1.807, 2.05) is 13.8 Å². The standard InChI is InChI=1S/C14H19NO3/c1-9-5-4-6-12(13(9)16)14(17)15-7-10(2)18-11(3)8-15/h4-6,10-11,16H,7-8H2,1-3H3. The molecule has 0 radical (unpaired) electrons. The van der Waals surface area contributed by atoms with Gasteiger partial charge in [0, 0.05) is 13.1 Å². The van der Waals surface area contributed by atoms with Gasteiger partial charge >= 0.3 is 0 Å². The molecule has 2 rings (SSSR count). The number of benzene rings is 1. The predicted molar refractivity (Wildman–Crippen MR) is 68.8 cm³/mol. The van der Waals surface area contributed by atoms with Gasteiger partial charge in [-0.1, -0.05) is 12.1 Å². The van der Waals surface area contributed by atoms with Gasteiger partial charge in [0.1, 0.15) is 5.75 Å². The zero-order chi connectivity index (χ0) is 13.3. The number of morpholine rings is 1. The summed E-state index contributed by atoms with van der Waals surface area (Å²) in [6.07, 6.45) is 0.0642. The molecule has 0 spiro atoms. The normalized spacial score (nSPS) is 24.1. The molecule has 2 unspecified atom stereocenters. The number of carbonyl (C=O) groups excluding carboxylic acids is 1. The van der Waals surface area contributed by atoms with Crippen molar-refractivity contribution in [3.63, 3.8) is 0 Å². The fraction of sp³-hybridized carbons (Fsp3) is 0.500. The van der Waals surface area contributed by atoms with Crippen molar-refractivity contribution < 1.29 is 14.6 Å². The Labute approximate surface area is 107 Å². The molecule has 4 heteroatoms. The summed E-state index contributed by atoms with van der Waals surface area (Å²) in [7, 11) is 0. The van der Waals surface area contributed by atoms with Crippen LogP contribution in [0.2, 0.25) is 0 Å². The van der Waals surface area contributed by atoms with Gasteiger partial charge in [0.25, 0.3) is 5.91 Å². The van der Waals surface area contributed by atoms with E-state index < -0.39 is 0 Å². The van der Waals surface area contributed by atoms with Crippen molar-refractivity contribution in [1.29, 1.82) is 0 Å². The van der Waals surface area contributed by atoms with Crippen molar-refractivity contribution in [2.45, 2.75) is 33.0 Å². The van der Waals surface area contributed by atoms with Crippen molar-refractivity contribution in [3.05, 3.63) is 29.3 Å². The maximum Gasteiger partial charge on any atom is 0.257 e. The number of phenols is 1. The highest BCUT2D eigenvalue weighted by molar-refractivity contribution is 5.97. The van der Waals surface area contributed by atoms with E-state index >= 15 is 0 Å². The number of phenolic OH excluding ortho intramolecular Hbond substituents is 1. The Morgan fingerprint density at radius 2 is 1.94 bits per heavy atom.